The molecule has 1 aliphatic rings. The molecule has 1 heterocycles. The average Bonchev–Trinajstić information content (AvgIpc) is 2.41. The van der Waals surface area contributed by atoms with Gasteiger partial charge in [-0.15, -0.1) is 0 Å². The van der Waals surface area contributed by atoms with Crippen molar-refractivity contribution in [2.24, 2.45) is 0 Å². The number of likely N-dealkylation sites (tertiary alicyclic amines) is 1. The van der Waals surface area contributed by atoms with Gasteiger partial charge < -0.3 is 0 Å². The van der Waals surface area contributed by atoms with E-state index in [-0.39, 0.29) is 0 Å². The zero-order chi connectivity index (χ0) is 12.4. The Kier molecular flexibility index (Phi) is 3.16. The van der Waals surface area contributed by atoms with Gasteiger partial charge in [0.1, 0.15) is 0 Å². The molecule has 1 heteroatoms. The van der Waals surface area contributed by atoms with Crippen LogP contribution in [0.5, 0.6) is 0 Å². The minimum Gasteiger partial charge on any atom is -0.289 e. The van der Waals surface area contributed by atoms with E-state index in [0.29, 0.717) is 12.1 Å². The molecular weight excluding hydrogens is 218 g/mol. The van der Waals surface area contributed by atoms with Gasteiger partial charge in [0.05, 0.1) is 0 Å². The first kappa shape index (κ1) is 11.5. The molecule has 2 aromatic carbocycles. The zero-order valence-corrected chi connectivity index (χ0v) is 10.8. The second kappa shape index (κ2) is 4.95. The Morgan fingerprint density at radius 1 is 0.833 bits per heavy atom. The molecular formula is C17H19N. The Labute approximate surface area is 109 Å². The van der Waals surface area contributed by atoms with Crippen molar-refractivity contribution in [1.29, 1.82) is 0 Å². The van der Waals surface area contributed by atoms with E-state index in [1.165, 1.54) is 17.5 Å². The Morgan fingerprint density at radius 2 is 1.28 bits per heavy atom. The van der Waals surface area contributed by atoms with Gasteiger partial charge in [0.2, 0.25) is 0 Å². The summed E-state index contributed by atoms with van der Waals surface area (Å²) in [6.07, 6.45) is 1.24. The van der Waals surface area contributed by atoms with Crippen molar-refractivity contribution in [2.45, 2.75) is 25.4 Å². The quantitative estimate of drug-likeness (QED) is 0.773. The maximum absolute atomic E-state index is 2.59. The molecule has 1 aliphatic heterocycles. The standard InChI is InChI=1S/C17H19N/c1-2-18-16(14-9-5-3-6-10-14)13-17(18)15-11-7-4-8-12-15/h3-12,16-17H,2,13H2,1H3/t16-,17-/m0/s1. The van der Waals surface area contributed by atoms with Crippen LogP contribution in [0, 0.1) is 0 Å². The molecule has 92 valence electrons. The van der Waals surface area contributed by atoms with Crippen LogP contribution < -0.4 is 0 Å². The van der Waals surface area contributed by atoms with Crippen LogP contribution in [0.3, 0.4) is 0 Å². The molecule has 0 amide bonds. The van der Waals surface area contributed by atoms with Gasteiger partial charge in [-0.05, 0) is 24.1 Å². The predicted molar refractivity (Wildman–Crippen MR) is 75.4 cm³/mol. The molecule has 0 N–H and O–H groups in total. The number of hydrogen-bond donors (Lipinski definition) is 0. The topological polar surface area (TPSA) is 3.24 Å². The summed E-state index contributed by atoms with van der Waals surface area (Å²) in [6, 6.07) is 22.9. The first-order chi connectivity index (χ1) is 8.90. The molecule has 2 atom stereocenters. The van der Waals surface area contributed by atoms with Crippen molar-refractivity contribution in [3.8, 4) is 0 Å². The van der Waals surface area contributed by atoms with E-state index >= 15 is 0 Å². The third-order valence-electron chi connectivity index (χ3n) is 3.98. The highest BCUT2D eigenvalue weighted by atomic mass is 15.2. The summed E-state index contributed by atoms with van der Waals surface area (Å²) in [7, 11) is 0. The summed E-state index contributed by atoms with van der Waals surface area (Å²) in [4.78, 5) is 2.59. The van der Waals surface area contributed by atoms with Crippen LogP contribution in [0.25, 0.3) is 0 Å². The molecule has 1 fully saturated rings. The summed E-state index contributed by atoms with van der Waals surface area (Å²) in [5.41, 5.74) is 2.90. The maximum Gasteiger partial charge on any atom is 0.0372 e. The first-order valence-corrected chi connectivity index (χ1v) is 6.75. The van der Waals surface area contributed by atoms with Crippen molar-refractivity contribution < 1.29 is 0 Å². The average molecular weight is 237 g/mol. The number of rotatable bonds is 3. The van der Waals surface area contributed by atoms with Crippen molar-refractivity contribution in [3.63, 3.8) is 0 Å². The highest BCUT2D eigenvalue weighted by Gasteiger charge is 2.38. The van der Waals surface area contributed by atoms with Gasteiger partial charge in [-0.25, -0.2) is 0 Å². The van der Waals surface area contributed by atoms with E-state index < -0.39 is 0 Å². The highest BCUT2D eigenvalue weighted by Crippen LogP contribution is 2.47. The normalized spacial score (nSPS) is 23.6. The second-order valence-corrected chi connectivity index (χ2v) is 4.92. The van der Waals surface area contributed by atoms with Gasteiger partial charge in [-0.1, -0.05) is 67.6 Å². The van der Waals surface area contributed by atoms with Crippen molar-refractivity contribution >= 4 is 0 Å². The smallest absolute Gasteiger partial charge is 0.0372 e. The lowest BCUT2D eigenvalue weighted by Crippen LogP contribution is -2.43. The van der Waals surface area contributed by atoms with E-state index in [1.54, 1.807) is 0 Å². The molecule has 0 bridgehead atoms. The molecule has 0 aliphatic carbocycles. The summed E-state index contributed by atoms with van der Waals surface area (Å²) in [5.74, 6) is 0. The van der Waals surface area contributed by atoms with E-state index in [9.17, 15) is 0 Å². The van der Waals surface area contributed by atoms with Crippen molar-refractivity contribution in [3.05, 3.63) is 71.8 Å². The SMILES string of the molecule is CCN1[C@H](c2ccccc2)C[C@H]1c1ccccc1. The van der Waals surface area contributed by atoms with Crippen LogP contribution >= 0.6 is 0 Å². The van der Waals surface area contributed by atoms with E-state index in [4.69, 9.17) is 0 Å². The Balaban J connectivity index is 1.80. The molecule has 0 unspecified atom stereocenters. The van der Waals surface area contributed by atoms with Crippen LogP contribution in [-0.2, 0) is 0 Å². The summed E-state index contributed by atoms with van der Waals surface area (Å²) in [5, 5.41) is 0. The minimum atomic E-state index is 0.599. The lowest BCUT2D eigenvalue weighted by molar-refractivity contribution is 0.0179. The Morgan fingerprint density at radius 3 is 1.67 bits per heavy atom. The van der Waals surface area contributed by atoms with Gasteiger partial charge in [0.15, 0.2) is 0 Å². The summed E-state index contributed by atoms with van der Waals surface area (Å²) in [6.45, 7) is 3.37. The molecule has 18 heavy (non-hydrogen) atoms. The van der Waals surface area contributed by atoms with Crippen LogP contribution in [0.4, 0.5) is 0 Å². The van der Waals surface area contributed by atoms with E-state index in [2.05, 4.69) is 72.5 Å². The fourth-order valence-electron chi connectivity index (χ4n) is 3.01. The number of hydrogen-bond acceptors (Lipinski definition) is 1. The first-order valence-electron chi connectivity index (χ1n) is 6.75. The largest absolute Gasteiger partial charge is 0.289 e. The third kappa shape index (κ3) is 1.95. The van der Waals surface area contributed by atoms with Gasteiger partial charge in [0, 0.05) is 12.1 Å². The van der Waals surface area contributed by atoms with Gasteiger partial charge in [0.25, 0.3) is 0 Å². The van der Waals surface area contributed by atoms with Crippen LogP contribution in [0.1, 0.15) is 36.6 Å². The van der Waals surface area contributed by atoms with Gasteiger partial charge in [-0.2, -0.15) is 0 Å². The highest BCUT2D eigenvalue weighted by molar-refractivity contribution is 5.28. The van der Waals surface area contributed by atoms with Gasteiger partial charge >= 0.3 is 0 Å². The summed E-state index contributed by atoms with van der Waals surface area (Å²) < 4.78 is 0. The molecule has 1 nitrogen and oxygen atoms in total. The molecule has 0 radical (unpaired) electrons. The van der Waals surface area contributed by atoms with Crippen molar-refractivity contribution in [1.82, 2.24) is 4.90 Å². The fourth-order valence-corrected chi connectivity index (χ4v) is 3.01. The lowest BCUT2D eigenvalue weighted by Gasteiger charge is -2.49. The van der Waals surface area contributed by atoms with E-state index in [0.717, 1.165) is 6.54 Å². The van der Waals surface area contributed by atoms with Crippen LogP contribution in [0.15, 0.2) is 60.7 Å². The summed E-state index contributed by atoms with van der Waals surface area (Å²) >= 11 is 0. The zero-order valence-electron chi connectivity index (χ0n) is 10.8. The minimum absolute atomic E-state index is 0.599. The Hall–Kier alpha value is -1.60. The Bertz CT molecular complexity index is 446. The molecule has 0 saturated carbocycles. The number of benzene rings is 2. The van der Waals surface area contributed by atoms with Gasteiger partial charge in [-0.3, -0.25) is 4.90 Å². The molecule has 0 spiro atoms. The second-order valence-electron chi connectivity index (χ2n) is 4.92. The third-order valence-corrected chi connectivity index (χ3v) is 3.98. The predicted octanol–water partition coefficient (Wildman–Crippen LogP) is 4.19. The fraction of sp³-hybridized carbons (Fsp3) is 0.294. The monoisotopic (exact) mass is 237 g/mol. The van der Waals surface area contributed by atoms with Crippen LogP contribution in [0.2, 0.25) is 0 Å². The lowest BCUT2D eigenvalue weighted by atomic mass is 9.83. The van der Waals surface area contributed by atoms with Crippen LogP contribution in [-0.4, -0.2) is 11.4 Å². The molecule has 0 aromatic heterocycles. The number of nitrogens with zero attached hydrogens (tertiary/aromatic N) is 1. The van der Waals surface area contributed by atoms with Crippen molar-refractivity contribution in [2.75, 3.05) is 6.54 Å². The van der Waals surface area contributed by atoms with E-state index in [1.807, 2.05) is 0 Å². The molecule has 2 aromatic rings. The maximum atomic E-state index is 2.59. The molecule has 3 rings (SSSR count). The molecule has 1 saturated heterocycles.